The van der Waals surface area contributed by atoms with Gasteiger partial charge in [0.2, 0.25) is 5.91 Å². The fraction of sp³-hybridized carbons (Fsp3) is 0.688. The van der Waals surface area contributed by atoms with Crippen LogP contribution in [0.3, 0.4) is 0 Å². The Morgan fingerprint density at radius 1 is 1.30 bits per heavy atom. The largest absolute Gasteiger partial charge is 0.467 e. The van der Waals surface area contributed by atoms with Crippen LogP contribution in [0.5, 0.6) is 6.01 Å². The van der Waals surface area contributed by atoms with Gasteiger partial charge in [-0.3, -0.25) is 4.79 Å². The number of anilines is 1. The number of rotatable bonds is 4. The lowest BCUT2D eigenvalue weighted by Gasteiger charge is -2.35. The highest BCUT2D eigenvalue weighted by Crippen LogP contribution is 2.33. The van der Waals surface area contributed by atoms with E-state index in [4.69, 9.17) is 15.2 Å². The average molecular weight is 320 g/mol. The highest BCUT2D eigenvalue weighted by Gasteiger charge is 2.36. The first-order valence-corrected chi connectivity index (χ1v) is 8.16. The molecule has 0 spiro atoms. The van der Waals surface area contributed by atoms with Gasteiger partial charge in [-0.1, -0.05) is 0 Å². The summed E-state index contributed by atoms with van der Waals surface area (Å²) in [6.45, 7) is 3.79. The molecule has 2 aliphatic rings. The Bertz CT molecular complexity index is 572. The van der Waals surface area contributed by atoms with Crippen molar-refractivity contribution in [2.75, 3.05) is 25.1 Å². The highest BCUT2D eigenvalue weighted by atomic mass is 16.5. The predicted molar refractivity (Wildman–Crippen MR) is 85.3 cm³/mol. The molecule has 0 saturated carbocycles. The van der Waals surface area contributed by atoms with Gasteiger partial charge < -0.3 is 20.1 Å². The Morgan fingerprint density at radius 2 is 2.04 bits per heavy atom. The molecular formula is C16H24N4O3. The molecule has 3 heterocycles. The molecule has 0 aliphatic carbocycles. The quantitative estimate of drug-likeness (QED) is 0.891. The van der Waals surface area contributed by atoms with E-state index in [9.17, 15) is 4.79 Å². The van der Waals surface area contributed by atoms with Gasteiger partial charge >= 0.3 is 6.01 Å². The Labute approximate surface area is 136 Å². The number of nitrogens with two attached hydrogens (primary N) is 1. The normalized spacial score (nSPS) is 25.6. The highest BCUT2D eigenvalue weighted by molar-refractivity contribution is 5.79. The van der Waals surface area contributed by atoms with E-state index < -0.39 is 6.10 Å². The third-order valence-corrected chi connectivity index (χ3v) is 4.76. The third-order valence-electron chi connectivity index (χ3n) is 4.76. The van der Waals surface area contributed by atoms with Crippen molar-refractivity contribution in [3.05, 3.63) is 11.8 Å². The third kappa shape index (κ3) is 3.55. The van der Waals surface area contributed by atoms with E-state index in [0.29, 0.717) is 11.9 Å². The Balaban J connectivity index is 1.58. The lowest BCUT2D eigenvalue weighted by atomic mass is 9.90. The van der Waals surface area contributed by atoms with Crippen molar-refractivity contribution in [3.63, 3.8) is 0 Å². The molecule has 2 N–H and O–H groups in total. The summed E-state index contributed by atoms with van der Waals surface area (Å²) in [5.74, 6) is 1.06. The van der Waals surface area contributed by atoms with E-state index in [2.05, 4.69) is 14.9 Å². The Morgan fingerprint density at radius 3 is 2.65 bits per heavy atom. The molecule has 1 aromatic heterocycles. The first-order valence-electron chi connectivity index (χ1n) is 8.16. The second-order valence-corrected chi connectivity index (χ2v) is 6.32. The van der Waals surface area contributed by atoms with E-state index in [1.807, 2.05) is 13.0 Å². The van der Waals surface area contributed by atoms with E-state index in [-0.39, 0.29) is 12.0 Å². The molecule has 1 aromatic rings. The summed E-state index contributed by atoms with van der Waals surface area (Å²) in [6.07, 6.45) is 3.51. The van der Waals surface area contributed by atoms with Gasteiger partial charge in [-0.05, 0) is 38.5 Å². The number of carbonyl (C=O) groups is 1. The fourth-order valence-electron chi connectivity index (χ4n) is 3.50. The van der Waals surface area contributed by atoms with Gasteiger partial charge in [0.15, 0.2) is 0 Å². The van der Waals surface area contributed by atoms with Gasteiger partial charge in [0.05, 0.1) is 13.2 Å². The smallest absolute Gasteiger partial charge is 0.318 e. The first kappa shape index (κ1) is 16.0. The summed E-state index contributed by atoms with van der Waals surface area (Å²) >= 11 is 0. The average Bonchev–Trinajstić information content (AvgIpc) is 3.04. The molecule has 2 aliphatic heterocycles. The number of hydrogen-bond donors (Lipinski definition) is 1. The van der Waals surface area contributed by atoms with Crippen LogP contribution in [0.1, 0.15) is 31.4 Å². The fourth-order valence-corrected chi connectivity index (χ4v) is 3.50. The zero-order chi connectivity index (χ0) is 16.4. The number of aromatic nitrogens is 2. The van der Waals surface area contributed by atoms with Gasteiger partial charge in [0, 0.05) is 24.8 Å². The second-order valence-electron chi connectivity index (χ2n) is 6.32. The molecule has 3 rings (SSSR count). The van der Waals surface area contributed by atoms with E-state index in [1.54, 1.807) is 7.11 Å². The molecular weight excluding hydrogens is 296 g/mol. The van der Waals surface area contributed by atoms with E-state index in [0.717, 1.165) is 50.3 Å². The molecule has 126 valence electrons. The summed E-state index contributed by atoms with van der Waals surface area (Å²) in [5, 5.41) is 0. The SMILES string of the molecule is COc1nc(C)cc(N2CCC([C@@H]3CC[C@H](C(N)=O)O3)CC2)n1. The molecule has 0 radical (unpaired) electrons. The minimum Gasteiger partial charge on any atom is -0.467 e. The molecule has 1 amide bonds. The summed E-state index contributed by atoms with van der Waals surface area (Å²) in [7, 11) is 1.58. The minimum atomic E-state index is -0.396. The molecule has 0 aromatic carbocycles. The molecule has 2 saturated heterocycles. The van der Waals surface area contributed by atoms with Crippen LogP contribution in [0.4, 0.5) is 5.82 Å². The van der Waals surface area contributed by atoms with Gasteiger partial charge in [-0.25, -0.2) is 4.98 Å². The number of nitrogens with zero attached hydrogens (tertiary/aromatic N) is 3. The minimum absolute atomic E-state index is 0.163. The molecule has 0 unspecified atom stereocenters. The number of amides is 1. The summed E-state index contributed by atoms with van der Waals surface area (Å²) in [5.41, 5.74) is 6.23. The van der Waals surface area contributed by atoms with Gasteiger partial charge in [-0.15, -0.1) is 0 Å². The van der Waals surface area contributed by atoms with Crippen molar-refractivity contribution >= 4 is 11.7 Å². The van der Waals surface area contributed by atoms with Crippen LogP contribution in [0, 0.1) is 12.8 Å². The molecule has 7 nitrogen and oxygen atoms in total. The number of aryl methyl sites for hydroxylation is 1. The van der Waals surface area contributed by atoms with Gasteiger partial charge in [0.1, 0.15) is 11.9 Å². The van der Waals surface area contributed by atoms with Crippen LogP contribution in [-0.2, 0) is 9.53 Å². The van der Waals surface area contributed by atoms with Crippen molar-refractivity contribution in [3.8, 4) is 6.01 Å². The summed E-state index contributed by atoms with van der Waals surface area (Å²) < 4.78 is 11.0. The number of carbonyl (C=O) groups excluding carboxylic acids is 1. The van der Waals surface area contributed by atoms with Gasteiger partial charge in [0.25, 0.3) is 0 Å². The first-order chi connectivity index (χ1) is 11.1. The van der Waals surface area contributed by atoms with Crippen molar-refractivity contribution < 1.29 is 14.3 Å². The molecule has 2 fully saturated rings. The maximum absolute atomic E-state index is 11.2. The Hall–Kier alpha value is -1.89. The van der Waals surface area contributed by atoms with Crippen LogP contribution in [0.25, 0.3) is 0 Å². The number of ether oxygens (including phenoxy) is 2. The van der Waals surface area contributed by atoms with Crippen LogP contribution >= 0.6 is 0 Å². The van der Waals surface area contributed by atoms with E-state index >= 15 is 0 Å². The van der Waals surface area contributed by atoms with Crippen LogP contribution in [-0.4, -0.2) is 48.3 Å². The van der Waals surface area contributed by atoms with Crippen LogP contribution in [0.15, 0.2) is 6.07 Å². The molecule has 2 atom stereocenters. The number of hydrogen-bond acceptors (Lipinski definition) is 6. The molecule has 0 bridgehead atoms. The number of piperidine rings is 1. The maximum atomic E-state index is 11.2. The van der Waals surface area contributed by atoms with Crippen molar-refractivity contribution in [1.29, 1.82) is 0 Å². The van der Waals surface area contributed by atoms with Crippen molar-refractivity contribution in [2.45, 2.75) is 44.8 Å². The number of methoxy groups -OCH3 is 1. The standard InChI is InChI=1S/C16H24N4O3/c1-10-9-14(19-16(18-10)22-2)20-7-5-11(6-8-20)12-3-4-13(23-12)15(17)21/h9,11-13H,3-8H2,1-2H3,(H2,17,21)/t12-,13+/m0/s1. The van der Waals surface area contributed by atoms with Gasteiger partial charge in [-0.2, -0.15) is 4.98 Å². The zero-order valence-electron chi connectivity index (χ0n) is 13.7. The number of primary amides is 1. The summed E-state index contributed by atoms with van der Waals surface area (Å²) in [4.78, 5) is 22.1. The van der Waals surface area contributed by atoms with E-state index in [1.165, 1.54) is 0 Å². The predicted octanol–water partition coefficient (Wildman–Crippen LogP) is 1.04. The molecule has 7 heteroatoms. The monoisotopic (exact) mass is 320 g/mol. The lowest BCUT2D eigenvalue weighted by molar-refractivity contribution is -0.130. The zero-order valence-corrected chi connectivity index (χ0v) is 13.7. The maximum Gasteiger partial charge on any atom is 0.318 e. The molecule has 23 heavy (non-hydrogen) atoms. The second kappa shape index (κ2) is 6.70. The topological polar surface area (TPSA) is 90.6 Å². The van der Waals surface area contributed by atoms with Crippen LogP contribution < -0.4 is 15.4 Å². The lowest BCUT2D eigenvalue weighted by Crippen LogP contribution is -2.39. The summed E-state index contributed by atoms with van der Waals surface area (Å²) in [6, 6.07) is 2.39. The Kier molecular flexibility index (Phi) is 4.66. The van der Waals surface area contributed by atoms with Crippen LogP contribution in [0.2, 0.25) is 0 Å². The van der Waals surface area contributed by atoms with Crippen molar-refractivity contribution in [1.82, 2.24) is 9.97 Å². The van der Waals surface area contributed by atoms with Crippen molar-refractivity contribution in [2.24, 2.45) is 11.7 Å².